The third-order valence-corrected chi connectivity index (χ3v) is 3.74. The van der Waals surface area contributed by atoms with Gasteiger partial charge in [0, 0.05) is 26.2 Å². The number of hydrogen-bond donors (Lipinski definition) is 1. The first-order valence-corrected chi connectivity index (χ1v) is 7.08. The van der Waals surface area contributed by atoms with E-state index in [1.165, 1.54) is 23.1 Å². The first-order chi connectivity index (χ1) is 10.0. The topological polar surface area (TPSA) is 52.7 Å². The van der Waals surface area contributed by atoms with Gasteiger partial charge in [-0.15, -0.1) is 0 Å². The number of nitrogens with one attached hydrogen (secondary N) is 1. The normalized spacial score (nSPS) is 15.2. The molecule has 1 aromatic rings. The average Bonchev–Trinajstić information content (AvgIpc) is 2.47. The molecule has 1 N–H and O–H groups in total. The van der Waals surface area contributed by atoms with E-state index in [4.69, 9.17) is 11.6 Å². The predicted molar refractivity (Wildman–Crippen MR) is 77.8 cm³/mol. The fourth-order valence-electron chi connectivity index (χ4n) is 2.28. The van der Waals surface area contributed by atoms with Crippen LogP contribution in [0.1, 0.15) is 10.4 Å². The molecule has 1 aliphatic rings. The van der Waals surface area contributed by atoms with Crippen molar-refractivity contribution in [1.29, 1.82) is 0 Å². The highest BCUT2D eigenvalue weighted by Gasteiger charge is 2.27. The molecule has 0 atom stereocenters. The SMILES string of the molecule is CNCC(=O)N1CCN(C(=O)c2c(F)cccc2Cl)CC1. The van der Waals surface area contributed by atoms with Crippen molar-refractivity contribution in [2.45, 2.75) is 0 Å². The summed E-state index contributed by atoms with van der Waals surface area (Å²) in [5.41, 5.74) is -0.103. The fourth-order valence-corrected chi connectivity index (χ4v) is 2.53. The van der Waals surface area contributed by atoms with E-state index >= 15 is 0 Å². The Balaban J connectivity index is 2.02. The van der Waals surface area contributed by atoms with Gasteiger partial charge in [-0.05, 0) is 19.2 Å². The van der Waals surface area contributed by atoms with Gasteiger partial charge in [-0.3, -0.25) is 9.59 Å². The Labute approximate surface area is 127 Å². The van der Waals surface area contributed by atoms with E-state index in [2.05, 4.69) is 5.32 Å². The van der Waals surface area contributed by atoms with Crippen molar-refractivity contribution in [3.05, 3.63) is 34.6 Å². The largest absolute Gasteiger partial charge is 0.338 e. The lowest BCUT2D eigenvalue weighted by Crippen LogP contribution is -2.52. The summed E-state index contributed by atoms with van der Waals surface area (Å²) in [5.74, 6) is -1.06. The molecule has 2 amide bonds. The van der Waals surface area contributed by atoms with Crippen molar-refractivity contribution in [1.82, 2.24) is 15.1 Å². The van der Waals surface area contributed by atoms with Gasteiger partial charge in [0.1, 0.15) is 5.82 Å². The first kappa shape index (κ1) is 15.7. The van der Waals surface area contributed by atoms with Crippen molar-refractivity contribution in [2.75, 3.05) is 39.8 Å². The minimum atomic E-state index is -0.624. The number of benzene rings is 1. The summed E-state index contributed by atoms with van der Waals surface area (Å²) >= 11 is 5.90. The molecule has 2 rings (SSSR count). The minimum absolute atomic E-state index is 0.00600. The maximum atomic E-state index is 13.8. The lowest BCUT2D eigenvalue weighted by molar-refractivity contribution is -0.131. The number of piperazine rings is 1. The van der Waals surface area contributed by atoms with E-state index in [0.29, 0.717) is 26.2 Å². The molecular formula is C14H17ClFN3O2. The van der Waals surface area contributed by atoms with Gasteiger partial charge < -0.3 is 15.1 Å². The molecule has 0 saturated carbocycles. The average molecular weight is 314 g/mol. The van der Waals surface area contributed by atoms with Crippen molar-refractivity contribution < 1.29 is 14.0 Å². The van der Waals surface area contributed by atoms with Gasteiger partial charge in [-0.2, -0.15) is 0 Å². The molecule has 0 aliphatic carbocycles. The number of hydrogen-bond acceptors (Lipinski definition) is 3. The molecule has 21 heavy (non-hydrogen) atoms. The Kier molecular flexibility index (Phi) is 5.14. The second-order valence-corrected chi connectivity index (χ2v) is 5.21. The van der Waals surface area contributed by atoms with Crippen LogP contribution in [0.25, 0.3) is 0 Å². The number of halogens is 2. The molecule has 1 saturated heterocycles. The quantitative estimate of drug-likeness (QED) is 0.905. The molecule has 1 aromatic carbocycles. The van der Waals surface area contributed by atoms with Crippen LogP contribution in [0.3, 0.4) is 0 Å². The maximum Gasteiger partial charge on any atom is 0.258 e. The third kappa shape index (κ3) is 3.51. The van der Waals surface area contributed by atoms with Crippen molar-refractivity contribution in [2.24, 2.45) is 0 Å². The second kappa shape index (κ2) is 6.87. The van der Waals surface area contributed by atoms with Crippen LogP contribution in [-0.2, 0) is 4.79 Å². The highest BCUT2D eigenvalue weighted by Crippen LogP contribution is 2.21. The number of rotatable bonds is 3. The van der Waals surface area contributed by atoms with Crippen LogP contribution in [-0.4, -0.2) is 61.4 Å². The van der Waals surface area contributed by atoms with Crippen molar-refractivity contribution in [3.63, 3.8) is 0 Å². The minimum Gasteiger partial charge on any atom is -0.338 e. The Bertz CT molecular complexity index is 525. The van der Waals surface area contributed by atoms with Gasteiger partial charge >= 0.3 is 0 Å². The lowest BCUT2D eigenvalue weighted by Gasteiger charge is -2.35. The lowest BCUT2D eigenvalue weighted by atomic mass is 10.1. The molecular weight excluding hydrogens is 297 g/mol. The predicted octanol–water partition coefficient (Wildman–Crippen LogP) is 0.983. The van der Waals surface area contributed by atoms with Crippen LogP contribution in [0.5, 0.6) is 0 Å². The fraction of sp³-hybridized carbons (Fsp3) is 0.429. The molecule has 0 unspecified atom stereocenters. The zero-order chi connectivity index (χ0) is 15.4. The Morgan fingerprint density at radius 3 is 2.43 bits per heavy atom. The molecule has 1 fully saturated rings. The molecule has 1 aliphatic heterocycles. The molecule has 0 aromatic heterocycles. The molecule has 114 valence electrons. The summed E-state index contributed by atoms with van der Waals surface area (Å²) in [6.45, 7) is 1.90. The van der Waals surface area contributed by atoms with Crippen LogP contribution in [0, 0.1) is 5.82 Å². The molecule has 0 bridgehead atoms. The molecule has 0 spiro atoms. The van der Waals surface area contributed by atoms with Crippen LogP contribution >= 0.6 is 11.6 Å². The van der Waals surface area contributed by atoms with E-state index in [0.717, 1.165) is 0 Å². The van der Waals surface area contributed by atoms with Crippen LogP contribution < -0.4 is 5.32 Å². The summed E-state index contributed by atoms with van der Waals surface area (Å²) in [4.78, 5) is 27.3. The van der Waals surface area contributed by atoms with E-state index in [1.807, 2.05) is 0 Å². The summed E-state index contributed by atoms with van der Waals surface area (Å²) in [7, 11) is 1.71. The molecule has 5 nitrogen and oxygen atoms in total. The second-order valence-electron chi connectivity index (χ2n) is 4.80. The monoisotopic (exact) mass is 313 g/mol. The standard InChI is InChI=1S/C14H17ClFN3O2/c1-17-9-12(20)18-5-7-19(8-6-18)14(21)13-10(15)3-2-4-11(13)16/h2-4,17H,5-9H2,1H3. The van der Waals surface area contributed by atoms with Gasteiger partial charge in [0.2, 0.25) is 5.91 Å². The van der Waals surface area contributed by atoms with Crippen LogP contribution in [0.2, 0.25) is 5.02 Å². The zero-order valence-electron chi connectivity index (χ0n) is 11.7. The number of carbonyl (C=O) groups is 2. The number of carbonyl (C=O) groups excluding carboxylic acids is 2. The summed E-state index contributed by atoms with van der Waals surface area (Å²) < 4.78 is 13.8. The van der Waals surface area contributed by atoms with Gasteiger partial charge in [0.05, 0.1) is 17.1 Å². The smallest absolute Gasteiger partial charge is 0.258 e. The van der Waals surface area contributed by atoms with Gasteiger partial charge in [0.15, 0.2) is 0 Å². The summed E-state index contributed by atoms with van der Waals surface area (Å²) in [5, 5.41) is 2.91. The number of nitrogens with zero attached hydrogens (tertiary/aromatic N) is 2. The molecule has 1 heterocycles. The summed E-state index contributed by atoms with van der Waals surface area (Å²) in [6.07, 6.45) is 0. The first-order valence-electron chi connectivity index (χ1n) is 6.70. The van der Waals surface area contributed by atoms with Crippen molar-refractivity contribution in [3.8, 4) is 0 Å². The van der Waals surface area contributed by atoms with E-state index in [1.54, 1.807) is 11.9 Å². The Morgan fingerprint density at radius 1 is 1.24 bits per heavy atom. The molecule has 0 radical (unpaired) electrons. The highest BCUT2D eigenvalue weighted by molar-refractivity contribution is 6.33. The van der Waals surface area contributed by atoms with E-state index in [-0.39, 0.29) is 23.0 Å². The number of likely N-dealkylation sites (N-methyl/N-ethyl adjacent to an activating group) is 1. The summed E-state index contributed by atoms with van der Waals surface area (Å²) in [6, 6.07) is 4.17. The maximum absolute atomic E-state index is 13.8. The Morgan fingerprint density at radius 2 is 1.86 bits per heavy atom. The Hall–Kier alpha value is -1.66. The number of amides is 2. The van der Waals surface area contributed by atoms with Gasteiger partial charge in [0.25, 0.3) is 5.91 Å². The van der Waals surface area contributed by atoms with Gasteiger partial charge in [-0.25, -0.2) is 4.39 Å². The van der Waals surface area contributed by atoms with Crippen LogP contribution in [0.15, 0.2) is 18.2 Å². The zero-order valence-corrected chi connectivity index (χ0v) is 12.5. The van der Waals surface area contributed by atoms with Gasteiger partial charge in [-0.1, -0.05) is 17.7 Å². The third-order valence-electron chi connectivity index (χ3n) is 3.42. The highest BCUT2D eigenvalue weighted by atomic mass is 35.5. The molecule has 7 heteroatoms. The van der Waals surface area contributed by atoms with E-state index < -0.39 is 11.7 Å². The van der Waals surface area contributed by atoms with Crippen molar-refractivity contribution >= 4 is 23.4 Å². The van der Waals surface area contributed by atoms with Crippen LogP contribution in [0.4, 0.5) is 4.39 Å². The van der Waals surface area contributed by atoms with E-state index in [9.17, 15) is 14.0 Å².